The Hall–Kier alpha value is -0.910. The lowest BCUT2D eigenvalue weighted by Crippen LogP contribution is -2.31. The monoisotopic (exact) mass is 254 g/mol. The molecule has 1 aliphatic rings. The summed E-state index contributed by atoms with van der Waals surface area (Å²) >= 11 is 0. The highest BCUT2D eigenvalue weighted by atomic mass is 16.7. The van der Waals surface area contributed by atoms with Gasteiger partial charge in [-0.1, -0.05) is 12.8 Å². The van der Waals surface area contributed by atoms with Crippen molar-refractivity contribution < 1.29 is 14.6 Å². The van der Waals surface area contributed by atoms with Crippen LogP contribution in [0.4, 0.5) is 0 Å². The van der Waals surface area contributed by atoms with Gasteiger partial charge in [0.2, 0.25) is 0 Å². The molecule has 1 heterocycles. The molecule has 1 aromatic rings. The molecule has 102 valence electrons. The number of aromatic nitrogens is 2. The summed E-state index contributed by atoms with van der Waals surface area (Å²) in [6.07, 6.45) is 6.17. The zero-order chi connectivity index (χ0) is 13.0. The van der Waals surface area contributed by atoms with E-state index < -0.39 is 12.4 Å². The molecule has 1 N–H and O–H groups in total. The molecule has 1 aromatic heterocycles. The number of hydrogen-bond donors (Lipinski definition) is 1. The number of methoxy groups -OCH3 is 2. The molecule has 0 spiro atoms. The first-order valence-corrected chi connectivity index (χ1v) is 6.52. The first-order chi connectivity index (χ1) is 8.74. The Kier molecular flexibility index (Phi) is 4.74. The Labute approximate surface area is 108 Å². The van der Waals surface area contributed by atoms with Crippen LogP contribution in [0.15, 0.2) is 12.3 Å². The van der Waals surface area contributed by atoms with Crippen LogP contribution in [0.25, 0.3) is 0 Å². The SMILES string of the molecule is COC(OC)C(O)Cc1ccn(C2CCCC2)n1. The molecular weight excluding hydrogens is 232 g/mol. The Morgan fingerprint density at radius 3 is 2.67 bits per heavy atom. The summed E-state index contributed by atoms with van der Waals surface area (Å²) in [7, 11) is 3.04. The molecule has 0 saturated heterocycles. The van der Waals surface area contributed by atoms with Crippen molar-refractivity contribution in [3.63, 3.8) is 0 Å². The Balaban J connectivity index is 1.93. The molecule has 0 radical (unpaired) electrons. The van der Waals surface area contributed by atoms with Crippen LogP contribution in [-0.2, 0) is 15.9 Å². The predicted molar refractivity (Wildman–Crippen MR) is 67.2 cm³/mol. The minimum atomic E-state index is -0.688. The fourth-order valence-corrected chi connectivity index (χ4v) is 2.58. The van der Waals surface area contributed by atoms with Gasteiger partial charge >= 0.3 is 0 Å². The van der Waals surface area contributed by atoms with Crippen LogP contribution in [0.1, 0.15) is 37.4 Å². The van der Waals surface area contributed by atoms with Crippen molar-refractivity contribution in [2.45, 2.75) is 50.5 Å². The van der Waals surface area contributed by atoms with Crippen LogP contribution < -0.4 is 0 Å². The van der Waals surface area contributed by atoms with Crippen molar-refractivity contribution in [3.05, 3.63) is 18.0 Å². The molecule has 5 nitrogen and oxygen atoms in total. The van der Waals surface area contributed by atoms with Crippen LogP contribution in [0.3, 0.4) is 0 Å². The van der Waals surface area contributed by atoms with Gasteiger partial charge in [-0.15, -0.1) is 0 Å². The molecule has 2 rings (SSSR count). The fourth-order valence-electron chi connectivity index (χ4n) is 2.58. The topological polar surface area (TPSA) is 56.5 Å². The van der Waals surface area contributed by atoms with E-state index in [4.69, 9.17) is 9.47 Å². The molecule has 5 heteroatoms. The molecule has 1 saturated carbocycles. The average Bonchev–Trinajstić information content (AvgIpc) is 3.00. The van der Waals surface area contributed by atoms with E-state index in [-0.39, 0.29) is 0 Å². The van der Waals surface area contributed by atoms with Gasteiger partial charge in [-0.25, -0.2) is 0 Å². The van der Waals surface area contributed by atoms with Gasteiger partial charge in [-0.2, -0.15) is 5.10 Å². The largest absolute Gasteiger partial charge is 0.387 e. The third-order valence-corrected chi connectivity index (χ3v) is 3.56. The second-order valence-corrected chi connectivity index (χ2v) is 4.84. The number of aliphatic hydroxyl groups is 1. The van der Waals surface area contributed by atoms with Gasteiger partial charge in [-0.05, 0) is 18.9 Å². The number of hydrogen-bond acceptors (Lipinski definition) is 4. The summed E-state index contributed by atoms with van der Waals surface area (Å²) in [4.78, 5) is 0. The van der Waals surface area contributed by atoms with E-state index in [2.05, 4.69) is 5.10 Å². The van der Waals surface area contributed by atoms with Gasteiger partial charge in [-0.3, -0.25) is 4.68 Å². The molecule has 1 atom stereocenters. The zero-order valence-electron chi connectivity index (χ0n) is 11.1. The smallest absolute Gasteiger partial charge is 0.183 e. The van der Waals surface area contributed by atoms with Gasteiger partial charge in [0.1, 0.15) is 6.10 Å². The molecule has 18 heavy (non-hydrogen) atoms. The molecule has 1 unspecified atom stereocenters. The fraction of sp³-hybridized carbons (Fsp3) is 0.769. The maximum atomic E-state index is 9.94. The summed E-state index contributed by atoms with van der Waals surface area (Å²) in [5, 5.41) is 14.5. The predicted octanol–water partition coefficient (Wildman–Crippen LogP) is 1.52. The van der Waals surface area contributed by atoms with Gasteiger partial charge < -0.3 is 14.6 Å². The van der Waals surface area contributed by atoms with Crippen LogP contribution in [0.2, 0.25) is 0 Å². The lowest BCUT2D eigenvalue weighted by atomic mass is 10.2. The molecule has 1 aliphatic carbocycles. The number of aliphatic hydroxyl groups excluding tert-OH is 1. The maximum Gasteiger partial charge on any atom is 0.183 e. The molecule has 0 amide bonds. The summed E-state index contributed by atoms with van der Waals surface area (Å²) < 4.78 is 12.1. The Morgan fingerprint density at radius 2 is 2.06 bits per heavy atom. The minimum Gasteiger partial charge on any atom is -0.387 e. The number of nitrogens with zero attached hydrogens (tertiary/aromatic N) is 2. The van der Waals surface area contributed by atoms with Crippen molar-refractivity contribution in [3.8, 4) is 0 Å². The summed E-state index contributed by atoms with van der Waals surface area (Å²) in [5.41, 5.74) is 0.883. The first kappa shape index (κ1) is 13.5. The van der Waals surface area contributed by atoms with Crippen molar-refractivity contribution in [2.75, 3.05) is 14.2 Å². The van der Waals surface area contributed by atoms with E-state index in [0.717, 1.165) is 5.69 Å². The van der Waals surface area contributed by atoms with Crippen molar-refractivity contribution in [1.29, 1.82) is 0 Å². The van der Waals surface area contributed by atoms with E-state index in [0.29, 0.717) is 12.5 Å². The highest BCUT2D eigenvalue weighted by molar-refractivity contribution is 5.02. The van der Waals surface area contributed by atoms with E-state index in [1.165, 1.54) is 39.9 Å². The lowest BCUT2D eigenvalue weighted by Gasteiger charge is -2.19. The van der Waals surface area contributed by atoms with Gasteiger partial charge in [0.25, 0.3) is 0 Å². The standard InChI is InChI=1S/C13H22N2O3/c1-17-13(18-2)12(16)9-10-7-8-15(14-10)11-5-3-4-6-11/h7-8,11-13,16H,3-6,9H2,1-2H3. The highest BCUT2D eigenvalue weighted by Gasteiger charge is 2.21. The zero-order valence-corrected chi connectivity index (χ0v) is 11.1. The molecule has 0 aliphatic heterocycles. The summed E-state index contributed by atoms with van der Waals surface area (Å²) in [6, 6.07) is 2.50. The molecule has 1 fully saturated rings. The maximum absolute atomic E-state index is 9.94. The highest BCUT2D eigenvalue weighted by Crippen LogP contribution is 2.28. The van der Waals surface area contributed by atoms with E-state index >= 15 is 0 Å². The van der Waals surface area contributed by atoms with Gasteiger partial charge in [0.15, 0.2) is 6.29 Å². The summed E-state index contributed by atoms with van der Waals surface area (Å²) in [5.74, 6) is 0. The van der Waals surface area contributed by atoms with Gasteiger partial charge in [0.05, 0.1) is 11.7 Å². The van der Waals surface area contributed by atoms with E-state index in [1.54, 1.807) is 0 Å². The Bertz CT molecular complexity index is 357. The second-order valence-electron chi connectivity index (χ2n) is 4.84. The lowest BCUT2D eigenvalue weighted by molar-refractivity contribution is -0.163. The van der Waals surface area contributed by atoms with Crippen molar-refractivity contribution >= 4 is 0 Å². The normalized spacial score (nSPS) is 18.7. The van der Waals surface area contributed by atoms with E-state index in [9.17, 15) is 5.11 Å². The summed E-state index contributed by atoms with van der Waals surface area (Å²) in [6.45, 7) is 0. The van der Waals surface area contributed by atoms with Gasteiger partial charge in [0, 0.05) is 26.8 Å². The van der Waals surface area contributed by atoms with Crippen LogP contribution in [-0.4, -0.2) is 41.5 Å². The van der Waals surface area contributed by atoms with Crippen molar-refractivity contribution in [1.82, 2.24) is 9.78 Å². The van der Waals surface area contributed by atoms with Crippen LogP contribution in [0.5, 0.6) is 0 Å². The first-order valence-electron chi connectivity index (χ1n) is 6.52. The third kappa shape index (κ3) is 3.10. The Morgan fingerprint density at radius 1 is 1.39 bits per heavy atom. The third-order valence-electron chi connectivity index (χ3n) is 3.56. The van der Waals surface area contributed by atoms with Crippen LogP contribution >= 0.6 is 0 Å². The minimum absolute atomic E-state index is 0.450. The quantitative estimate of drug-likeness (QED) is 0.782. The molecule has 0 bridgehead atoms. The van der Waals surface area contributed by atoms with E-state index in [1.807, 2.05) is 16.9 Å². The van der Waals surface area contributed by atoms with Crippen molar-refractivity contribution in [2.24, 2.45) is 0 Å². The second kappa shape index (κ2) is 6.31. The number of rotatable bonds is 6. The number of ether oxygens (including phenoxy) is 2. The molecular formula is C13H22N2O3. The average molecular weight is 254 g/mol. The van der Waals surface area contributed by atoms with Crippen LogP contribution in [0, 0.1) is 0 Å². The molecule has 0 aromatic carbocycles.